The third-order valence-corrected chi connectivity index (χ3v) is 2.45. The molecule has 0 bridgehead atoms. The van der Waals surface area contributed by atoms with E-state index in [2.05, 4.69) is 11.9 Å². The molecule has 0 aliphatic carbocycles. The van der Waals surface area contributed by atoms with Crippen LogP contribution < -0.4 is 0 Å². The van der Waals surface area contributed by atoms with Crippen molar-refractivity contribution in [3.8, 4) is 0 Å². The molecule has 1 fully saturated rings. The van der Waals surface area contributed by atoms with Crippen molar-refractivity contribution in [1.29, 1.82) is 0 Å². The van der Waals surface area contributed by atoms with Crippen LogP contribution in [0.15, 0.2) is 0 Å². The van der Waals surface area contributed by atoms with Crippen LogP contribution in [0, 0.1) is 11.3 Å². The monoisotopic (exact) mass is 169 g/mol. The van der Waals surface area contributed by atoms with Crippen molar-refractivity contribution in [2.45, 2.75) is 27.2 Å². The Hall–Kier alpha value is -0.370. The SMILES string of the molecule is CN1CC(CC(=O)C(C)(C)C)C1. The van der Waals surface area contributed by atoms with E-state index in [9.17, 15) is 4.79 Å². The molecule has 1 aliphatic rings. The van der Waals surface area contributed by atoms with Crippen molar-refractivity contribution >= 4 is 5.78 Å². The second-order valence-electron chi connectivity index (χ2n) is 4.96. The molecule has 0 aromatic carbocycles. The number of rotatable bonds is 2. The van der Waals surface area contributed by atoms with E-state index in [1.54, 1.807) is 0 Å². The first-order chi connectivity index (χ1) is 5.39. The smallest absolute Gasteiger partial charge is 0.138 e. The highest BCUT2D eigenvalue weighted by molar-refractivity contribution is 5.83. The second-order valence-corrected chi connectivity index (χ2v) is 4.96. The van der Waals surface area contributed by atoms with Crippen LogP contribution in [0.25, 0.3) is 0 Å². The average Bonchev–Trinajstić information content (AvgIpc) is 1.82. The molecule has 2 nitrogen and oxygen atoms in total. The fourth-order valence-electron chi connectivity index (χ4n) is 1.53. The molecule has 1 heterocycles. The lowest BCUT2D eigenvalue weighted by molar-refractivity contribution is -0.128. The van der Waals surface area contributed by atoms with Crippen LogP contribution in [0.5, 0.6) is 0 Å². The highest BCUT2D eigenvalue weighted by Crippen LogP contribution is 2.24. The molecule has 70 valence electrons. The first-order valence-electron chi connectivity index (χ1n) is 4.61. The van der Waals surface area contributed by atoms with Gasteiger partial charge in [-0.15, -0.1) is 0 Å². The van der Waals surface area contributed by atoms with E-state index in [0.29, 0.717) is 11.7 Å². The minimum Gasteiger partial charge on any atom is -0.306 e. The number of hydrogen-bond acceptors (Lipinski definition) is 2. The van der Waals surface area contributed by atoms with Gasteiger partial charge in [0.05, 0.1) is 0 Å². The molecule has 1 rings (SSSR count). The normalized spacial score (nSPS) is 20.7. The maximum atomic E-state index is 11.6. The highest BCUT2D eigenvalue weighted by atomic mass is 16.1. The Bertz CT molecular complexity index is 175. The molecule has 0 aromatic heterocycles. The lowest BCUT2D eigenvalue weighted by Gasteiger charge is -2.36. The van der Waals surface area contributed by atoms with Crippen molar-refractivity contribution in [3.63, 3.8) is 0 Å². The molecule has 2 heteroatoms. The molecule has 0 atom stereocenters. The standard InChI is InChI=1S/C10H19NO/c1-10(2,3)9(12)5-8-6-11(4)7-8/h8H,5-7H2,1-4H3. The van der Waals surface area contributed by atoms with Crippen LogP contribution in [0.4, 0.5) is 0 Å². The predicted octanol–water partition coefficient (Wildman–Crippen LogP) is 1.55. The Labute approximate surface area is 74.9 Å². The lowest BCUT2D eigenvalue weighted by Crippen LogP contribution is -2.45. The highest BCUT2D eigenvalue weighted by Gasteiger charge is 2.29. The number of nitrogens with zero attached hydrogens (tertiary/aromatic N) is 1. The van der Waals surface area contributed by atoms with Gasteiger partial charge in [-0.3, -0.25) is 4.79 Å². The number of carbonyl (C=O) groups is 1. The Morgan fingerprint density at radius 2 is 1.92 bits per heavy atom. The van der Waals surface area contributed by atoms with E-state index >= 15 is 0 Å². The summed E-state index contributed by atoms with van der Waals surface area (Å²) in [6, 6.07) is 0. The minimum absolute atomic E-state index is 0.145. The summed E-state index contributed by atoms with van der Waals surface area (Å²) in [4.78, 5) is 13.8. The molecule has 0 radical (unpaired) electrons. The van der Waals surface area contributed by atoms with Gasteiger partial charge in [0.1, 0.15) is 5.78 Å². The molecule has 0 saturated carbocycles. The zero-order valence-corrected chi connectivity index (χ0v) is 8.55. The zero-order chi connectivity index (χ0) is 9.35. The maximum absolute atomic E-state index is 11.6. The van der Waals surface area contributed by atoms with Crippen LogP contribution in [0.2, 0.25) is 0 Å². The number of carbonyl (C=O) groups excluding carboxylic acids is 1. The van der Waals surface area contributed by atoms with Crippen LogP contribution in [0.1, 0.15) is 27.2 Å². The Balaban J connectivity index is 2.28. The summed E-state index contributed by atoms with van der Waals surface area (Å²) in [6.07, 6.45) is 0.772. The van der Waals surface area contributed by atoms with E-state index in [4.69, 9.17) is 0 Å². The van der Waals surface area contributed by atoms with Crippen LogP contribution >= 0.6 is 0 Å². The van der Waals surface area contributed by atoms with Crippen molar-refractivity contribution in [1.82, 2.24) is 4.90 Å². The predicted molar refractivity (Wildman–Crippen MR) is 50.1 cm³/mol. The summed E-state index contributed by atoms with van der Waals surface area (Å²) in [5.74, 6) is 1.03. The van der Waals surface area contributed by atoms with E-state index < -0.39 is 0 Å². The molecule has 0 spiro atoms. The largest absolute Gasteiger partial charge is 0.306 e. The molecule has 12 heavy (non-hydrogen) atoms. The zero-order valence-electron chi connectivity index (χ0n) is 8.55. The van der Waals surface area contributed by atoms with Crippen molar-refractivity contribution in [3.05, 3.63) is 0 Å². The first kappa shape index (κ1) is 9.72. The number of ketones is 1. The third-order valence-electron chi connectivity index (χ3n) is 2.45. The van der Waals surface area contributed by atoms with E-state index in [1.807, 2.05) is 20.8 Å². The molecule has 1 aliphatic heterocycles. The van der Waals surface area contributed by atoms with Gasteiger partial charge in [-0.05, 0) is 13.0 Å². The van der Waals surface area contributed by atoms with Gasteiger partial charge in [0, 0.05) is 24.9 Å². The molecule has 0 N–H and O–H groups in total. The Kier molecular flexibility index (Phi) is 2.57. The van der Waals surface area contributed by atoms with Gasteiger partial charge in [-0.25, -0.2) is 0 Å². The molecule has 0 unspecified atom stereocenters. The molecular weight excluding hydrogens is 150 g/mol. The summed E-state index contributed by atoms with van der Waals surface area (Å²) < 4.78 is 0. The fraction of sp³-hybridized carbons (Fsp3) is 0.900. The van der Waals surface area contributed by atoms with Gasteiger partial charge >= 0.3 is 0 Å². The molecule has 0 amide bonds. The Morgan fingerprint density at radius 1 is 1.42 bits per heavy atom. The summed E-state index contributed by atoms with van der Waals surface area (Å²) in [7, 11) is 2.10. The number of Topliss-reactive ketones (excluding diaryl/α,β-unsaturated/α-hetero) is 1. The van der Waals surface area contributed by atoms with Crippen molar-refractivity contribution in [2.24, 2.45) is 11.3 Å². The third kappa shape index (κ3) is 2.31. The fourth-order valence-corrected chi connectivity index (χ4v) is 1.53. The summed E-state index contributed by atoms with van der Waals surface area (Å²) in [5, 5.41) is 0. The minimum atomic E-state index is -0.145. The van der Waals surface area contributed by atoms with Crippen LogP contribution in [0.3, 0.4) is 0 Å². The van der Waals surface area contributed by atoms with Gasteiger partial charge in [0.2, 0.25) is 0 Å². The van der Waals surface area contributed by atoms with Gasteiger partial charge in [0.15, 0.2) is 0 Å². The summed E-state index contributed by atoms with van der Waals surface area (Å²) in [5.41, 5.74) is -0.145. The van der Waals surface area contributed by atoms with Crippen LogP contribution in [-0.4, -0.2) is 30.8 Å². The second kappa shape index (κ2) is 3.17. The molecule has 0 aromatic rings. The number of hydrogen-bond donors (Lipinski definition) is 0. The molecular formula is C10H19NO. The lowest BCUT2D eigenvalue weighted by atomic mass is 9.83. The number of likely N-dealkylation sites (tertiary alicyclic amines) is 1. The van der Waals surface area contributed by atoms with E-state index in [-0.39, 0.29) is 5.41 Å². The summed E-state index contributed by atoms with van der Waals surface area (Å²) >= 11 is 0. The maximum Gasteiger partial charge on any atom is 0.138 e. The van der Waals surface area contributed by atoms with Gasteiger partial charge in [-0.2, -0.15) is 0 Å². The van der Waals surface area contributed by atoms with Crippen molar-refractivity contribution < 1.29 is 4.79 Å². The topological polar surface area (TPSA) is 20.3 Å². The van der Waals surface area contributed by atoms with Gasteiger partial charge in [0.25, 0.3) is 0 Å². The van der Waals surface area contributed by atoms with Crippen LogP contribution in [-0.2, 0) is 4.79 Å². The quantitative estimate of drug-likeness (QED) is 0.625. The summed E-state index contributed by atoms with van der Waals surface area (Å²) in [6.45, 7) is 8.19. The van der Waals surface area contributed by atoms with E-state index in [0.717, 1.165) is 19.5 Å². The average molecular weight is 169 g/mol. The van der Waals surface area contributed by atoms with Gasteiger partial charge < -0.3 is 4.90 Å². The molecule has 1 saturated heterocycles. The van der Waals surface area contributed by atoms with Gasteiger partial charge in [-0.1, -0.05) is 20.8 Å². The first-order valence-corrected chi connectivity index (χ1v) is 4.61. The van der Waals surface area contributed by atoms with E-state index in [1.165, 1.54) is 0 Å². The van der Waals surface area contributed by atoms with Crippen molar-refractivity contribution in [2.75, 3.05) is 20.1 Å². The Morgan fingerprint density at radius 3 is 2.25 bits per heavy atom.